The highest BCUT2D eigenvalue weighted by atomic mass is 35.5. The lowest BCUT2D eigenvalue weighted by Crippen LogP contribution is -2.25. The quantitative estimate of drug-likeness (QED) is 0.309. The summed E-state index contributed by atoms with van der Waals surface area (Å²) < 4.78 is 16.3. The number of carbonyl (C=O) groups is 1. The number of amides is 1. The number of nitrogens with zero attached hydrogens (tertiary/aromatic N) is 2. The van der Waals surface area contributed by atoms with E-state index in [1.807, 2.05) is 43.3 Å². The number of pyridine rings is 2. The number of para-hydroxylation sites is 1. The van der Waals surface area contributed by atoms with Crippen molar-refractivity contribution in [3.8, 4) is 22.3 Å². The predicted molar refractivity (Wildman–Crippen MR) is 145 cm³/mol. The van der Waals surface area contributed by atoms with Crippen LogP contribution in [0.5, 0.6) is 0 Å². The van der Waals surface area contributed by atoms with Crippen molar-refractivity contribution in [1.29, 1.82) is 0 Å². The number of fused-ring (bicyclic) bond motifs is 4. The highest BCUT2D eigenvalue weighted by Crippen LogP contribution is 2.33. The van der Waals surface area contributed by atoms with Gasteiger partial charge in [0, 0.05) is 41.2 Å². The fraction of sp³-hybridized carbons (Fsp3) is 0.233. The van der Waals surface area contributed by atoms with Crippen molar-refractivity contribution in [2.45, 2.75) is 38.6 Å². The van der Waals surface area contributed by atoms with Gasteiger partial charge < -0.3 is 9.88 Å². The first-order chi connectivity index (χ1) is 17.9. The van der Waals surface area contributed by atoms with Crippen LogP contribution in [-0.4, -0.2) is 15.5 Å². The van der Waals surface area contributed by atoms with E-state index in [-0.39, 0.29) is 34.0 Å². The van der Waals surface area contributed by atoms with Gasteiger partial charge in [-0.15, -0.1) is 0 Å². The number of carbonyl (C=O) groups excluding carboxylic acids is 1. The lowest BCUT2D eigenvalue weighted by Gasteiger charge is -2.21. The van der Waals surface area contributed by atoms with Gasteiger partial charge in [0.1, 0.15) is 5.82 Å². The van der Waals surface area contributed by atoms with Gasteiger partial charge in [0.25, 0.3) is 5.56 Å². The Morgan fingerprint density at radius 2 is 1.70 bits per heavy atom. The van der Waals surface area contributed by atoms with Gasteiger partial charge in [-0.2, -0.15) is 0 Å². The second kappa shape index (κ2) is 10.7. The molecule has 2 aromatic heterocycles. The van der Waals surface area contributed by atoms with Crippen molar-refractivity contribution < 1.29 is 9.18 Å². The zero-order valence-electron chi connectivity index (χ0n) is 20.5. The molecule has 2 aromatic carbocycles. The highest BCUT2D eigenvalue weighted by Gasteiger charge is 2.21. The van der Waals surface area contributed by atoms with Crippen LogP contribution in [-0.2, 0) is 4.79 Å². The van der Waals surface area contributed by atoms with Crippen LogP contribution in [0.4, 0.5) is 10.1 Å². The van der Waals surface area contributed by atoms with Crippen LogP contribution >= 0.6 is 11.6 Å². The van der Waals surface area contributed by atoms with Crippen LogP contribution in [0.1, 0.15) is 44.3 Å². The number of hydrogen-bond acceptors (Lipinski definition) is 3. The van der Waals surface area contributed by atoms with Crippen LogP contribution in [0.3, 0.4) is 0 Å². The molecule has 1 aliphatic heterocycles. The monoisotopic (exact) mass is 515 g/mol. The molecule has 2 unspecified atom stereocenters. The van der Waals surface area contributed by atoms with Crippen LogP contribution in [0.15, 0.2) is 83.9 Å². The molecule has 1 amide bonds. The first-order valence-electron chi connectivity index (χ1n) is 12.4. The molecule has 7 heteroatoms. The molecular formula is C30H27ClFN3O2. The van der Waals surface area contributed by atoms with E-state index in [0.717, 1.165) is 41.8 Å². The van der Waals surface area contributed by atoms with Gasteiger partial charge >= 0.3 is 0 Å². The SMILES string of the molecule is CC1CCCCC(n2ccc(-c3cccc(Cl)c3F)cc2=O)c2cc(ccn2)-c2ccccc2NC1=O. The summed E-state index contributed by atoms with van der Waals surface area (Å²) in [5.74, 6) is -0.686. The van der Waals surface area contributed by atoms with Crippen molar-refractivity contribution in [3.63, 3.8) is 0 Å². The van der Waals surface area contributed by atoms with E-state index in [1.54, 1.807) is 35.2 Å². The Labute approximate surface area is 220 Å². The van der Waals surface area contributed by atoms with Gasteiger partial charge in [-0.05, 0) is 54.3 Å². The third-order valence-corrected chi connectivity index (χ3v) is 7.27. The fourth-order valence-electron chi connectivity index (χ4n) is 4.89. The van der Waals surface area contributed by atoms with Gasteiger partial charge in [-0.1, -0.05) is 61.7 Å². The Bertz CT molecular complexity index is 1520. The molecule has 4 aromatic rings. The molecule has 0 fully saturated rings. The van der Waals surface area contributed by atoms with E-state index < -0.39 is 5.82 Å². The molecular weight excluding hydrogens is 489 g/mol. The molecule has 0 spiro atoms. The third-order valence-electron chi connectivity index (χ3n) is 6.98. The fourth-order valence-corrected chi connectivity index (χ4v) is 5.06. The number of nitrogens with one attached hydrogen (secondary N) is 1. The van der Waals surface area contributed by atoms with E-state index in [9.17, 15) is 14.0 Å². The topological polar surface area (TPSA) is 64.0 Å². The molecule has 3 heterocycles. The lowest BCUT2D eigenvalue weighted by molar-refractivity contribution is -0.119. The summed E-state index contributed by atoms with van der Waals surface area (Å²) in [6, 6.07) is 19.2. The van der Waals surface area contributed by atoms with E-state index in [0.29, 0.717) is 12.0 Å². The van der Waals surface area contributed by atoms with Crippen LogP contribution in [0.2, 0.25) is 5.02 Å². The van der Waals surface area contributed by atoms with E-state index in [4.69, 9.17) is 11.6 Å². The maximum Gasteiger partial charge on any atom is 0.251 e. The molecule has 1 aliphatic rings. The number of halogens is 2. The predicted octanol–water partition coefficient (Wildman–Crippen LogP) is 7.11. The second-order valence-corrected chi connectivity index (χ2v) is 9.88. The summed E-state index contributed by atoms with van der Waals surface area (Å²) in [6.07, 6.45) is 6.52. The van der Waals surface area contributed by atoms with Crippen molar-refractivity contribution in [2.24, 2.45) is 5.92 Å². The smallest absolute Gasteiger partial charge is 0.251 e. The summed E-state index contributed by atoms with van der Waals surface area (Å²) in [5, 5.41) is 3.10. The summed E-state index contributed by atoms with van der Waals surface area (Å²) >= 11 is 5.96. The normalized spacial score (nSPS) is 18.1. The summed E-state index contributed by atoms with van der Waals surface area (Å²) in [7, 11) is 0. The standard InChI is InChI=1S/C30H27ClFN3O2/c1-19-7-2-5-12-27(35-16-14-21(18-28(35)36)23-9-6-10-24(31)29(23)32)26-17-20(13-15-33-26)22-8-3-4-11-25(22)34-30(19)37/h3-4,6,8-11,13-19,27H,2,5,7,12H2,1H3,(H,34,37). The highest BCUT2D eigenvalue weighted by molar-refractivity contribution is 6.31. The van der Waals surface area contributed by atoms with E-state index in [2.05, 4.69) is 10.3 Å². The van der Waals surface area contributed by atoms with Crippen LogP contribution < -0.4 is 10.9 Å². The van der Waals surface area contributed by atoms with Gasteiger partial charge in [-0.25, -0.2) is 4.39 Å². The Hall–Kier alpha value is -3.77. The maximum atomic E-state index is 14.6. The molecule has 5 nitrogen and oxygen atoms in total. The minimum atomic E-state index is -0.548. The Kier molecular flexibility index (Phi) is 7.19. The van der Waals surface area contributed by atoms with Crippen molar-refractivity contribution >= 4 is 23.2 Å². The molecule has 37 heavy (non-hydrogen) atoms. The minimum Gasteiger partial charge on any atom is -0.325 e. The maximum absolute atomic E-state index is 14.6. The zero-order chi connectivity index (χ0) is 25.9. The Morgan fingerprint density at radius 3 is 2.54 bits per heavy atom. The average Bonchev–Trinajstić information content (AvgIpc) is 2.91. The van der Waals surface area contributed by atoms with Crippen molar-refractivity contribution in [3.05, 3.63) is 106 Å². The Balaban J connectivity index is 1.58. The molecule has 5 rings (SSSR count). The zero-order valence-corrected chi connectivity index (χ0v) is 21.2. The van der Waals surface area contributed by atoms with Crippen LogP contribution in [0, 0.1) is 11.7 Å². The largest absolute Gasteiger partial charge is 0.325 e. The van der Waals surface area contributed by atoms with Gasteiger partial charge in [-0.3, -0.25) is 14.6 Å². The molecule has 0 aliphatic carbocycles. The van der Waals surface area contributed by atoms with Crippen molar-refractivity contribution in [1.82, 2.24) is 9.55 Å². The number of rotatable bonds is 2. The van der Waals surface area contributed by atoms with Gasteiger partial charge in [0.05, 0.1) is 16.8 Å². The molecule has 2 bridgehead atoms. The summed E-state index contributed by atoms with van der Waals surface area (Å²) in [6.45, 7) is 1.94. The first-order valence-corrected chi connectivity index (χ1v) is 12.8. The molecule has 0 radical (unpaired) electrons. The van der Waals surface area contributed by atoms with Gasteiger partial charge in [0.15, 0.2) is 0 Å². The first kappa shape index (κ1) is 24.9. The third kappa shape index (κ3) is 5.20. The second-order valence-electron chi connectivity index (χ2n) is 9.47. The molecule has 2 atom stereocenters. The molecule has 188 valence electrons. The van der Waals surface area contributed by atoms with Crippen LogP contribution in [0.25, 0.3) is 22.3 Å². The number of hydrogen-bond donors (Lipinski definition) is 1. The lowest BCUT2D eigenvalue weighted by atomic mass is 9.98. The summed E-state index contributed by atoms with van der Waals surface area (Å²) in [4.78, 5) is 30.8. The molecule has 1 N–H and O–H groups in total. The molecule has 0 saturated heterocycles. The molecule has 0 saturated carbocycles. The minimum absolute atomic E-state index is 0.00224. The van der Waals surface area contributed by atoms with E-state index >= 15 is 0 Å². The number of benzene rings is 2. The summed E-state index contributed by atoms with van der Waals surface area (Å²) in [5.41, 5.74) is 3.82. The number of aromatic nitrogens is 2. The van der Waals surface area contributed by atoms with Crippen molar-refractivity contribution in [2.75, 3.05) is 5.32 Å². The van der Waals surface area contributed by atoms with Gasteiger partial charge in [0.2, 0.25) is 5.91 Å². The van der Waals surface area contributed by atoms with E-state index in [1.165, 1.54) is 12.1 Å². The average molecular weight is 516 g/mol. The Morgan fingerprint density at radius 1 is 0.946 bits per heavy atom. The number of anilines is 1.